The highest BCUT2D eigenvalue weighted by atomic mass is 16.5. The highest BCUT2D eigenvalue weighted by Crippen LogP contribution is 2.11. The van der Waals surface area contributed by atoms with E-state index in [0.29, 0.717) is 13.0 Å². The summed E-state index contributed by atoms with van der Waals surface area (Å²) in [5.74, 6) is 0.00494. The first-order valence-corrected chi connectivity index (χ1v) is 14.3. The summed E-state index contributed by atoms with van der Waals surface area (Å²) >= 11 is 0. The van der Waals surface area contributed by atoms with Gasteiger partial charge < -0.3 is 4.74 Å². The molecule has 0 bridgehead atoms. The van der Waals surface area contributed by atoms with Crippen LogP contribution >= 0.6 is 0 Å². The molecule has 0 aliphatic carbocycles. The Morgan fingerprint density at radius 1 is 0.500 bits per heavy atom. The number of hydrogen-bond acceptors (Lipinski definition) is 2. The van der Waals surface area contributed by atoms with Crippen LogP contribution in [0.15, 0.2) is 24.3 Å². The number of allylic oxidation sites excluding steroid dienone is 4. The number of carbonyl (C=O) groups is 1. The first kappa shape index (κ1) is 30.9. The molecule has 0 radical (unpaired) electrons. The largest absolute Gasteiger partial charge is 0.466 e. The molecular formula is C30H56O2. The van der Waals surface area contributed by atoms with Gasteiger partial charge in [-0.25, -0.2) is 0 Å². The second kappa shape index (κ2) is 28.0. The van der Waals surface area contributed by atoms with E-state index < -0.39 is 0 Å². The Labute approximate surface area is 201 Å². The van der Waals surface area contributed by atoms with E-state index in [1.165, 1.54) is 116 Å². The van der Waals surface area contributed by atoms with Crippen LogP contribution in [0.1, 0.15) is 155 Å². The lowest BCUT2D eigenvalue weighted by Gasteiger charge is -2.05. The van der Waals surface area contributed by atoms with Gasteiger partial charge in [0, 0.05) is 6.42 Å². The maximum absolute atomic E-state index is 11.8. The standard InChI is InChI=1S/C30H56O2/c1-3-5-7-9-11-13-15-16-17-19-21-23-25-27-29-32-30(31)28-26-24-22-20-18-14-12-10-8-6-4-2/h10,12-13,15H,3-9,11,14,16-29H2,1-2H3. The molecule has 0 amide bonds. The molecule has 0 aromatic carbocycles. The van der Waals surface area contributed by atoms with E-state index >= 15 is 0 Å². The molecule has 0 saturated carbocycles. The van der Waals surface area contributed by atoms with Crippen LogP contribution in [0.25, 0.3) is 0 Å². The number of esters is 1. The van der Waals surface area contributed by atoms with E-state index in [0.717, 1.165) is 19.3 Å². The van der Waals surface area contributed by atoms with Crippen LogP contribution in [0.2, 0.25) is 0 Å². The topological polar surface area (TPSA) is 26.3 Å². The molecule has 0 aliphatic rings. The molecule has 0 spiro atoms. The van der Waals surface area contributed by atoms with Crippen LogP contribution in [0.5, 0.6) is 0 Å². The van der Waals surface area contributed by atoms with Crippen molar-refractivity contribution in [3.8, 4) is 0 Å². The smallest absolute Gasteiger partial charge is 0.305 e. The molecule has 0 aromatic rings. The number of ether oxygens (including phenoxy) is 1. The Morgan fingerprint density at radius 2 is 0.906 bits per heavy atom. The predicted molar refractivity (Wildman–Crippen MR) is 142 cm³/mol. The van der Waals surface area contributed by atoms with E-state index in [4.69, 9.17) is 4.74 Å². The van der Waals surface area contributed by atoms with Gasteiger partial charge in [-0.05, 0) is 57.8 Å². The van der Waals surface area contributed by atoms with Gasteiger partial charge in [0.1, 0.15) is 0 Å². The fourth-order valence-corrected chi connectivity index (χ4v) is 3.87. The Kier molecular flexibility index (Phi) is 27.1. The van der Waals surface area contributed by atoms with Gasteiger partial charge in [-0.2, -0.15) is 0 Å². The minimum atomic E-state index is 0.00494. The van der Waals surface area contributed by atoms with Crippen molar-refractivity contribution in [2.75, 3.05) is 6.61 Å². The summed E-state index contributed by atoms with van der Waals surface area (Å²) in [5, 5.41) is 0. The highest BCUT2D eigenvalue weighted by Gasteiger charge is 2.02. The summed E-state index contributed by atoms with van der Waals surface area (Å²) in [4.78, 5) is 11.8. The third-order valence-corrected chi connectivity index (χ3v) is 6.06. The van der Waals surface area contributed by atoms with E-state index in [9.17, 15) is 4.79 Å². The fraction of sp³-hybridized carbons (Fsp3) is 0.833. The van der Waals surface area contributed by atoms with Crippen LogP contribution < -0.4 is 0 Å². The normalized spacial score (nSPS) is 11.7. The summed E-state index contributed by atoms with van der Waals surface area (Å²) in [6.45, 7) is 5.12. The SMILES string of the molecule is CCCCC=CCCCCCCCC(=O)OCCCCCCCCC=CCCCCCC. The van der Waals surface area contributed by atoms with Gasteiger partial charge in [0.25, 0.3) is 0 Å². The summed E-state index contributed by atoms with van der Waals surface area (Å²) in [7, 11) is 0. The van der Waals surface area contributed by atoms with Gasteiger partial charge in [0.15, 0.2) is 0 Å². The zero-order chi connectivity index (χ0) is 23.4. The molecule has 0 aliphatic heterocycles. The minimum absolute atomic E-state index is 0.00494. The number of rotatable bonds is 25. The van der Waals surface area contributed by atoms with Crippen LogP contribution in [0.4, 0.5) is 0 Å². The lowest BCUT2D eigenvalue weighted by molar-refractivity contribution is -0.143. The van der Waals surface area contributed by atoms with E-state index in [1.807, 2.05) is 0 Å². The summed E-state index contributed by atoms with van der Waals surface area (Å²) in [6.07, 6.45) is 36.4. The van der Waals surface area contributed by atoms with Crippen LogP contribution in [0.3, 0.4) is 0 Å². The molecule has 0 unspecified atom stereocenters. The molecule has 2 nitrogen and oxygen atoms in total. The van der Waals surface area contributed by atoms with Gasteiger partial charge in [-0.15, -0.1) is 0 Å². The molecule has 0 aromatic heterocycles. The molecule has 2 heteroatoms. The van der Waals surface area contributed by atoms with Gasteiger partial charge in [-0.3, -0.25) is 4.79 Å². The molecule has 0 N–H and O–H groups in total. The molecule has 0 heterocycles. The second-order valence-corrected chi connectivity index (χ2v) is 9.37. The van der Waals surface area contributed by atoms with Crippen LogP contribution in [0, 0.1) is 0 Å². The number of unbranched alkanes of at least 4 members (excludes halogenated alkanes) is 17. The predicted octanol–water partition coefficient (Wildman–Crippen LogP) is 10.3. The molecule has 32 heavy (non-hydrogen) atoms. The van der Waals surface area contributed by atoms with Crippen molar-refractivity contribution in [2.24, 2.45) is 0 Å². The third kappa shape index (κ3) is 27.0. The van der Waals surface area contributed by atoms with Gasteiger partial charge >= 0.3 is 5.97 Å². The first-order valence-electron chi connectivity index (χ1n) is 14.3. The first-order chi connectivity index (χ1) is 15.8. The Bertz CT molecular complexity index is 425. The number of hydrogen-bond donors (Lipinski definition) is 0. The molecule has 0 saturated heterocycles. The van der Waals surface area contributed by atoms with Crippen LogP contribution in [-0.4, -0.2) is 12.6 Å². The quantitative estimate of drug-likeness (QED) is 0.0788. The summed E-state index contributed by atoms with van der Waals surface area (Å²) < 4.78 is 5.38. The monoisotopic (exact) mass is 448 g/mol. The average molecular weight is 449 g/mol. The molecule has 0 rings (SSSR count). The van der Waals surface area contributed by atoms with Crippen LogP contribution in [-0.2, 0) is 9.53 Å². The van der Waals surface area contributed by atoms with E-state index in [-0.39, 0.29) is 5.97 Å². The average Bonchev–Trinajstić information content (AvgIpc) is 2.80. The third-order valence-electron chi connectivity index (χ3n) is 6.06. The van der Waals surface area contributed by atoms with Crippen molar-refractivity contribution >= 4 is 5.97 Å². The Hall–Kier alpha value is -1.05. The second-order valence-electron chi connectivity index (χ2n) is 9.37. The zero-order valence-corrected chi connectivity index (χ0v) is 21.9. The summed E-state index contributed by atoms with van der Waals surface area (Å²) in [5.41, 5.74) is 0. The Balaban J connectivity index is 3.22. The fourth-order valence-electron chi connectivity index (χ4n) is 3.87. The minimum Gasteiger partial charge on any atom is -0.466 e. The van der Waals surface area contributed by atoms with Crippen molar-refractivity contribution < 1.29 is 9.53 Å². The van der Waals surface area contributed by atoms with Crippen molar-refractivity contribution in [2.45, 2.75) is 155 Å². The highest BCUT2D eigenvalue weighted by molar-refractivity contribution is 5.69. The van der Waals surface area contributed by atoms with Gasteiger partial charge in [0.05, 0.1) is 6.61 Å². The maximum atomic E-state index is 11.8. The number of carbonyl (C=O) groups excluding carboxylic acids is 1. The lowest BCUT2D eigenvalue weighted by Crippen LogP contribution is -2.05. The lowest BCUT2D eigenvalue weighted by atomic mass is 10.1. The van der Waals surface area contributed by atoms with E-state index in [1.54, 1.807) is 0 Å². The van der Waals surface area contributed by atoms with Gasteiger partial charge in [0.2, 0.25) is 0 Å². The zero-order valence-electron chi connectivity index (χ0n) is 21.9. The molecule has 188 valence electrons. The maximum Gasteiger partial charge on any atom is 0.305 e. The molecular weight excluding hydrogens is 392 g/mol. The van der Waals surface area contributed by atoms with Crippen molar-refractivity contribution in [3.05, 3.63) is 24.3 Å². The molecule has 0 fully saturated rings. The Morgan fingerprint density at radius 3 is 1.44 bits per heavy atom. The molecule has 0 atom stereocenters. The van der Waals surface area contributed by atoms with Gasteiger partial charge in [-0.1, -0.05) is 115 Å². The van der Waals surface area contributed by atoms with Crippen molar-refractivity contribution in [3.63, 3.8) is 0 Å². The van der Waals surface area contributed by atoms with Crippen molar-refractivity contribution in [1.82, 2.24) is 0 Å². The summed E-state index contributed by atoms with van der Waals surface area (Å²) in [6, 6.07) is 0. The van der Waals surface area contributed by atoms with E-state index in [2.05, 4.69) is 38.2 Å². The van der Waals surface area contributed by atoms with Crippen molar-refractivity contribution in [1.29, 1.82) is 0 Å².